The van der Waals surface area contributed by atoms with Crippen LogP contribution in [0.15, 0.2) is 12.2 Å². The van der Waals surface area contributed by atoms with E-state index in [1.165, 1.54) is 89.9 Å². The fraction of sp³-hybridized carbons (Fsp3) is 0.842. The summed E-state index contributed by atoms with van der Waals surface area (Å²) in [4.78, 5) is 8.56. The molecule has 4 nitrogen and oxygen atoms in total. The normalized spacial score (nSPS) is 10.5. The number of rotatable bonds is 15. The van der Waals surface area contributed by atoms with Gasteiger partial charge in [-0.05, 0) is 38.6 Å². The zero-order valence-corrected chi connectivity index (χ0v) is 15.1. The second-order valence-electron chi connectivity index (χ2n) is 6.01. The van der Waals surface area contributed by atoms with Gasteiger partial charge < -0.3 is 15.9 Å². The van der Waals surface area contributed by atoms with Crippen LogP contribution in [0.5, 0.6) is 0 Å². The molecule has 4 heteroatoms. The third kappa shape index (κ3) is 33.7. The first kappa shape index (κ1) is 24.2. The molecule has 0 aliphatic rings. The van der Waals surface area contributed by atoms with Crippen molar-refractivity contribution in [2.45, 2.75) is 96.8 Å². The summed E-state index contributed by atoms with van der Waals surface area (Å²) >= 11 is 0. The summed E-state index contributed by atoms with van der Waals surface area (Å²) in [7, 11) is 0. The molecule has 0 aliphatic carbocycles. The topological polar surface area (TPSA) is 83.6 Å². The Bertz CT molecular complexity index is 251. The lowest BCUT2D eigenvalue weighted by Crippen LogP contribution is -1.97. The molecule has 0 heterocycles. The molecule has 0 fully saturated rings. The minimum absolute atomic E-state index is 0.862. The van der Waals surface area contributed by atoms with Crippen molar-refractivity contribution in [1.82, 2.24) is 0 Å². The number of carboxylic acid groups (broad SMARTS) is 2. The summed E-state index contributed by atoms with van der Waals surface area (Å²) in [6, 6.07) is 0. The lowest BCUT2D eigenvalue weighted by molar-refractivity contribution is 0.137. The minimum atomic E-state index is -1.83. The maximum atomic E-state index is 8.56. The van der Waals surface area contributed by atoms with Crippen LogP contribution in [0.1, 0.15) is 96.8 Å². The molecule has 0 atom stereocenters. The van der Waals surface area contributed by atoms with Crippen LogP contribution >= 0.6 is 0 Å². The molecular weight excluding hydrogens is 290 g/mol. The Morgan fingerprint density at radius 1 is 0.739 bits per heavy atom. The van der Waals surface area contributed by atoms with Crippen molar-refractivity contribution in [1.29, 1.82) is 0 Å². The Morgan fingerprint density at radius 2 is 1.09 bits per heavy atom. The Hall–Kier alpha value is -1.03. The van der Waals surface area contributed by atoms with Gasteiger partial charge in [0.1, 0.15) is 0 Å². The van der Waals surface area contributed by atoms with Crippen LogP contribution in [-0.2, 0) is 0 Å². The Labute approximate surface area is 143 Å². The monoisotopic (exact) mass is 329 g/mol. The number of hydrogen-bond acceptors (Lipinski definition) is 2. The number of allylic oxidation sites excluding steroid dienone is 2. The van der Waals surface area contributed by atoms with Crippen LogP contribution in [0.25, 0.3) is 0 Å². The number of unbranched alkanes of at least 4 members (excludes halogenated alkanes) is 12. The molecule has 0 aromatic carbocycles. The van der Waals surface area contributed by atoms with Gasteiger partial charge in [0.05, 0.1) is 0 Å². The van der Waals surface area contributed by atoms with E-state index in [4.69, 9.17) is 20.7 Å². The van der Waals surface area contributed by atoms with Gasteiger partial charge in [0.25, 0.3) is 0 Å². The van der Waals surface area contributed by atoms with Crippen molar-refractivity contribution < 1.29 is 15.0 Å². The third-order valence-corrected chi connectivity index (χ3v) is 3.72. The highest BCUT2D eigenvalue weighted by atomic mass is 16.6. The summed E-state index contributed by atoms with van der Waals surface area (Å²) in [5.74, 6) is 0. The van der Waals surface area contributed by atoms with Crippen molar-refractivity contribution in [3.8, 4) is 0 Å². The van der Waals surface area contributed by atoms with E-state index in [0.29, 0.717) is 0 Å². The molecule has 0 amide bonds. The first-order chi connectivity index (χ1) is 11.1. The Kier molecular flexibility index (Phi) is 24.5. The van der Waals surface area contributed by atoms with Crippen LogP contribution in [-0.4, -0.2) is 22.9 Å². The highest BCUT2D eigenvalue weighted by molar-refractivity contribution is 5.53. The van der Waals surface area contributed by atoms with Gasteiger partial charge in [0, 0.05) is 0 Å². The first-order valence-corrected chi connectivity index (χ1v) is 9.42. The van der Waals surface area contributed by atoms with Gasteiger partial charge in [0.2, 0.25) is 0 Å². The molecule has 0 aromatic rings. The van der Waals surface area contributed by atoms with Crippen LogP contribution < -0.4 is 5.73 Å². The summed E-state index contributed by atoms with van der Waals surface area (Å²) in [5, 5.41) is 13.9. The second kappa shape index (κ2) is 23.2. The van der Waals surface area contributed by atoms with E-state index in [2.05, 4.69) is 19.1 Å². The molecular formula is C19H39NO3. The predicted octanol–water partition coefficient (Wildman–Crippen LogP) is 6.21. The van der Waals surface area contributed by atoms with Crippen LogP contribution in [0, 0.1) is 0 Å². The van der Waals surface area contributed by atoms with E-state index in [-0.39, 0.29) is 0 Å². The smallest absolute Gasteiger partial charge is 0.450 e. The van der Waals surface area contributed by atoms with E-state index >= 15 is 0 Å². The van der Waals surface area contributed by atoms with Gasteiger partial charge in [-0.15, -0.1) is 0 Å². The van der Waals surface area contributed by atoms with E-state index < -0.39 is 6.16 Å². The quantitative estimate of drug-likeness (QED) is 0.246. The average Bonchev–Trinajstić information content (AvgIpc) is 2.50. The number of hydrogen-bond donors (Lipinski definition) is 3. The second-order valence-corrected chi connectivity index (χ2v) is 6.01. The Balaban J connectivity index is 0. The van der Waals surface area contributed by atoms with E-state index in [1.54, 1.807) is 0 Å². The van der Waals surface area contributed by atoms with E-state index in [0.717, 1.165) is 6.54 Å². The molecule has 0 spiro atoms. The molecule has 0 rings (SSSR count). The molecule has 0 aliphatic heterocycles. The molecule has 138 valence electrons. The summed E-state index contributed by atoms with van der Waals surface area (Å²) < 4.78 is 0. The molecule has 0 saturated heterocycles. The van der Waals surface area contributed by atoms with Gasteiger partial charge in [-0.25, -0.2) is 4.79 Å². The van der Waals surface area contributed by atoms with Gasteiger partial charge in [-0.2, -0.15) is 0 Å². The van der Waals surface area contributed by atoms with Gasteiger partial charge >= 0.3 is 6.16 Å². The molecule has 4 N–H and O–H groups in total. The number of carbonyl (C=O) groups is 1. The summed E-state index contributed by atoms with van der Waals surface area (Å²) in [6.45, 7) is 3.14. The third-order valence-electron chi connectivity index (χ3n) is 3.72. The standard InChI is InChI=1S/C18H37N.CH2O3/c1-2-3-4-5-6-7-8-9-10-11-12-13-14-15-16-17-18-19;2-1(3)4/h9-10H,2-8,11-19H2,1H3;(H2,2,3,4)/b10-9-;. The zero-order valence-electron chi connectivity index (χ0n) is 15.1. The number of nitrogens with two attached hydrogens (primary N) is 1. The summed E-state index contributed by atoms with van der Waals surface area (Å²) in [6.07, 6.45) is 22.1. The van der Waals surface area contributed by atoms with E-state index in [1.807, 2.05) is 0 Å². The maximum absolute atomic E-state index is 8.56. The molecule has 0 aromatic heterocycles. The average molecular weight is 330 g/mol. The van der Waals surface area contributed by atoms with Crippen molar-refractivity contribution in [3.63, 3.8) is 0 Å². The van der Waals surface area contributed by atoms with Crippen molar-refractivity contribution in [2.75, 3.05) is 6.54 Å². The van der Waals surface area contributed by atoms with Gasteiger partial charge in [-0.3, -0.25) is 0 Å². The Morgan fingerprint density at radius 3 is 1.48 bits per heavy atom. The fourth-order valence-electron chi connectivity index (χ4n) is 2.39. The predicted molar refractivity (Wildman–Crippen MR) is 99.2 cm³/mol. The molecule has 23 heavy (non-hydrogen) atoms. The minimum Gasteiger partial charge on any atom is -0.450 e. The van der Waals surface area contributed by atoms with Crippen LogP contribution in [0.3, 0.4) is 0 Å². The largest absolute Gasteiger partial charge is 0.503 e. The van der Waals surface area contributed by atoms with Gasteiger partial charge in [-0.1, -0.05) is 76.9 Å². The highest BCUT2D eigenvalue weighted by Crippen LogP contribution is 2.09. The van der Waals surface area contributed by atoms with Crippen molar-refractivity contribution >= 4 is 6.16 Å². The molecule has 0 saturated carbocycles. The van der Waals surface area contributed by atoms with Crippen LogP contribution in [0.2, 0.25) is 0 Å². The highest BCUT2D eigenvalue weighted by Gasteiger charge is 1.90. The first-order valence-electron chi connectivity index (χ1n) is 9.42. The maximum Gasteiger partial charge on any atom is 0.503 e. The zero-order chi connectivity index (χ0) is 17.6. The SMILES string of the molecule is CCCCCCCC/C=C\CCCCCCCCN.O=C(O)O. The van der Waals surface area contributed by atoms with Gasteiger partial charge in [0.15, 0.2) is 0 Å². The van der Waals surface area contributed by atoms with Crippen molar-refractivity contribution in [2.24, 2.45) is 5.73 Å². The molecule has 0 unspecified atom stereocenters. The van der Waals surface area contributed by atoms with Crippen LogP contribution in [0.4, 0.5) is 4.79 Å². The molecule has 0 bridgehead atoms. The summed E-state index contributed by atoms with van der Waals surface area (Å²) in [5.41, 5.74) is 5.47. The van der Waals surface area contributed by atoms with Crippen molar-refractivity contribution in [3.05, 3.63) is 12.2 Å². The van der Waals surface area contributed by atoms with E-state index in [9.17, 15) is 0 Å². The lowest BCUT2D eigenvalue weighted by Gasteiger charge is -1.99. The lowest BCUT2D eigenvalue weighted by atomic mass is 10.1. The fourth-order valence-corrected chi connectivity index (χ4v) is 2.39. The molecule has 0 radical (unpaired) electrons.